The van der Waals surface area contributed by atoms with Crippen LogP contribution in [-0.2, 0) is 36.8 Å². The number of aliphatic hydroxyl groups excluding tert-OH is 1. The van der Waals surface area contributed by atoms with Gasteiger partial charge in [0.25, 0.3) is 11.8 Å². The number of carbonyl (C=O) groups excluding carboxylic acids is 6. The summed E-state index contributed by atoms with van der Waals surface area (Å²) in [6.07, 6.45) is -0.923. The van der Waals surface area contributed by atoms with Crippen LogP contribution < -0.4 is 40.8 Å². The van der Waals surface area contributed by atoms with E-state index in [2.05, 4.69) is 26.6 Å². The van der Waals surface area contributed by atoms with Gasteiger partial charge in [-0.15, -0.1) is 0 Å². The summed E-state index contributed by atoms with van der Waals surface area (Å²) in [6.45, 7) is 2.54. The number of benzene rings is 3. The van der Waals surface area contributed by atoms with Gasteiger partial charge in [0.05, 0.1) is 6.10 Å². The molecule has 16 nitrogen and oxygen atoms in total. The first-order chi connectivity index (χ1) is 26.4. The molecular weight excluding hydrogens is 712 g/mol. The van der Waals surface area contributed by atoms with E-state index in [1.54, 1.807) is 60.7 Å². The third-order valence-electron chi connectivity index (χ3n) is 9.59. The summed E-state index contributed by atoms with van der Waals surface area (Å²) >= 11 is 0. The molecule has 3 aromatic carbocycles. The molecule has 0 saturated carbocycles. The molecular formula is C39H44N6O10. The Morgan fingerprint density at radius 2 is 1.64 bits per heavy atom. The van der Waals surface area contributed by atoms with Crippen molar-refractivity contribution in [3.05, 3.63) is 89.5 Å². The summed E-state index contributed by atoms with van der Waals surface area (Å²) in [5.41, 5.74) is 1.88. The quantitative estimate of drug-likeness (QED) is 0.191. The lowest BCUT2D eigenvalue weighted by Crippen LogP contribution is -2.60. The number of fused-ring (bicyclic) bond motifs is 17. The van der Waals surface area contributed by atoms with Gasteiger partial charge in [-0.3, -0.25) is 28.8 Å². The lowest BCUT2D eigenvalue weighted by Gasteiger charge is -2.30. The van der Waals surface area contributed by atoms with Gasteiger partial charge in [0, 0.05) is 31.1 Å². The van der Waals surface area contributed by atoms with Crippen LogP contribution in [0.2, 0.25) is 0 Å². The number of hydrogen-bond acceptors (Lipinski definition) is 10. The van der Waals surface area contributed by atoms with Crippen LogP contribution in [0.1, 0.15) is 41.8 Å². The van der Waals surface area contributed by atoms with E-state index >= 15 is 0 Å². The van der Waals surface area contributed by atoms with Crippen molar-refractivity contribution < 1.29 is 48.1 Å². The second-order valence-electron chi connectivity index (χ2n) is 13.7. The Morgan fingerprint density at radius 3 is 2.38 bits per heavy atom. The molecule has 55 heavy (non-hydrogen) atoms. The van der Waals surface area contributed by atoms with Crippen molar-refractivity contribution in [1.29, 1.82) is 0 Å². The van der Waals surface area contributed by atoms with Crippen LogP contribution in [0.4, 0.5) is 0 Å². The Bertz CT molecular complexity index is 1910. The minimum absolute atomic E-state index is 0.0222. The molecule has 6 N–H and O–H groups in total. The third kappa shape index (κ3) is 9.69. The predicted molar refractivity (Wildman–Crippen MR) is 196 cm³/mol. The third-order valence-corrected chi connectivity index (χ3v) is 9.59. The van der Waals surface area contributed by atoms with Crippen molar-refractivity contribution in [3.63, 3.8) is 0 Å². The van der Waals surface area contributed by atoms with Gasteiger partial charge in [-0.05, 0) is 68.1 Å². The van der Waals surface area contributed by atoms with Crippen LogP contribution in [0.15, 0.2) is 72.8 Å². The fourth-order valence-corrected chi connectivity index (χ4v) is 6.63. The molecule has 3 aromatic rings. The Hall–Kier alpha value is -6.16. The van der Waals surface area contributed by atoms with E-state index in [-0.39, 0.29) is 38.3 Å². The maximum absolute atomic E-state index is 14.5. The van der Waals surface area contributed by atoms with Crippen molar-refractivity contribution in [1.82, 2.24) is 31.5 Å². The van der Waals surface area contributed by atoms with Crippen LogP contribution in [-0.4, -0.2) is 108 Å². The zero-order valence-corrected chi connectivity index (χ0v) is 30.4. The van der Waals surface area contributed by atoms with Crippen molar-refractivity contribution in [2.45, 2.75) is 69.4 Å². The van der Waals surface area contributed by atoms with Crippen molar-refractivity contribution in [3.8, 4) is 17.2 Å². The van der Waals surface area contributed by atoms with Crippen LogP contribution >= 0.6 is 0 Å². The van der Waals surface area contributed by atoms with Gasteiger partial charge >= 0.3 is 0 Å². The van der Waals surface area contributed by atoms with E-state index in [4.69, 9.17) is 14.2 Å². The molecule has 0 radical (unpaired) electrons. The first-order valence-electron chi connectivity index (χ1n) is 18.1. The maximum atomic E-state index is 14.5. The van der Waals surface area contributed by atoms with Crippen molar-refractivity contribution in [2.75, 3.05) is 26.5 Å². The zero-order chi connectivity index (χ0) is 39.1. The Kier molecular flexibility index (Phi) is 12.1. The summed E-state index contributed by atoms with van der Waals surface area (Å²) < 4.78 is 16.5. The van der Waals surface area contributed by atoms with Gasteiger partial charge in [-0.2, -0.15) is 0 Å². The molecule has 7 rings (SSSR count). The summed E-state index contributed by atoms with van der Waals surface area (Å²) in [5.74, 6) is -2.48. The second-order valence-corrected chi connectivity index (χ2v) is 13.7. The lowest BCUT2D eigenvalue weighted by molar-refractivity contribution is -0.143. The molecule has 0 spiro atoms. The number of aliphatic hydroxyl groups is 1. The number of carbonyl (C=O) groups is 6. The average molecular weight is 757 g/mol. The summed E-state index contributed by atoms with van der Waals surface area (Å²) in [5, 5.41) is 24.1. The topological polar surface area (TPSA) is 214 Å². The summed E-state index contributed by atoms with van der Waals surface area (Å²) in [6, 6.07) is 15.0. The van der Waals surface area contributed by atoms with Crippen LogP contribution in [0.3, 0.4) is 0 Å². The number of ether oxygens (including phenoxy) is 3. The predicted octanol–water partition coefficient (Wildman–Crippen LogP) is -0.0363. The largest absolute Gasteiger partial charge is 0.484 e. The molecule has 290 valence electrons. The smallest absolute Gasteiger partial charge is 0.258 e. The molecule has 2 bridgehead atoms. The first-order valence-corrected chi connectivity index (χ1v) is 18.1. The van der Waals surface area contributed by atoms with Gasteiger partial charge in [-0.1, -0.05) is 42.5 Å². The monoisotopic (exact) mass is 756 g/mol. The van der Waals surface area contributed by atoms with E-state index < -0.39 is 78.4 Å². The Labute approximate surface area is 317 Å². The standard InChI is InChI=1S/C39H44N6O10/c1-22-35(48)40-15-14-24-8-11-28(12-9-24)53-20-33(47)43-29(16-25-6-4-3-5-7-25)39(52)45-19-27(18-30(45)37(50)44-34(23(2)46)38(51)41-22)42-36(49)26-10-13-31-32(17-26)55-21-54-31/h3-13,17,22-23,27,29-30,34,46H,14-16,18-21H2,1-2H3,(H,40,48)(H,41,51)(H,42,49)(H,43,47)(H,44,50)/t22-,23+,27-,29-,30-,34-/m0/s1. The van der Waals surface area contributed by atoms with Gasteiger partial charge < -0.3 is 50.8 Å². The van der Waals surface area contributed by atoms with Crippen LogP contribution in [0.5, 0.6) is 17.2 Å². The van der Waals surface area contributed by atoms with Crippen molar-refractivity contribution in [2.24, 2.45) is 0 Å². The molecule has 1 fully saturated rings. The number of rotatable bonds is 5. The molecule has 4 heterocycles. The molecule has 0 unspecified atom stereocenters. The van der Waals surface area contributed by atoms with E-state index in [9.17, 15) is 33.9 Å². The van der Waals surface area contributed by atoms with Crippen molar-refractivity contribution >= 4 is 35.4 Å². The van der Waals surface area contributed by atoms with E-state index in [0.29, 0.717) is 23.7 Å². The van der Waals surface area contributed by atoms with E-state index in [1.165, 1.54) is 24.8 Å². The van der Waals surface area contributed by atoms with Gasteiger partial charge in [0.2, 0.25) is 30.4 Å². The fourth-order valence-electron chi connectivity index (χ4n) is 6.63. The maximum Gasteiger partial charge on any atom is 0.258 e. The molecule has 0 aliphatic carbocycles. The number of amides is 6. The zero-order valence-electron chi connectivity index (χ0n) is 30.4. The highest BCUT2D eigenvalue weighted by Crippen LogP contribution is 2.32. The summed E-state index contributed by atoms with van der Waals surface area (Å²) in [7, 11) is 0. The number of hydrogen-bond donors (Lipinski definition) is 6. The normalized spacial score (nSPS) is 24.2. The second kappa shape index (κ2) is 17.3. The first kappa shape index (κ1) is 38.6. The fraction of sp³-hybridized carbons (Fsp3) is 0.385. The van der Waals surface area contributed by atoms with E-state index in [0.717, 1.165) is 11.1 Å². The highest BCUT2D eigenvalue weighted by Gasteiger charge is 2.44. The highest BCUT2D eigenvalue weighted by atomic mass is 16.7. The Balaban J connectivity index is 1.29. The average Bonchev–Trinajstić information content (AvgIpc) is 3.83. The SMILES string of the molecule is C[C@@H]1NC(=O)[C@H]([C@@H](C)O)NC(=O)[C@@H]2C[C@H](NC(=O)c3ccc4c(c3)OCO4)CN2C(=O)[C@H](Cc2ccccc2)NC(=O)COc2ccc(cc2)CCNC1=O. The molecule has 6 atom stereocenters. The molecule has 0 aromatic heterocycles. The molecule has 4 aliphatic rings. The van der Waals surface area contributed by atoms with Gasteiger partial charge in [-0.25, -0.2) is 0 Å². The highest BCUT2D eigenvalue weighted by molar-refractivity contribution is 5.97. The molecule has 4 aliphatic heterocycles. The van der Waals surface area contributed by atoms with E-state index in [1.807, 2.05) is 6.07 Å². The van der Waals surface area contributed by atoms with Gasteiger partial charge in [0.1, 0.15) is 29.9 Å². The minimum atomic E-state index is -1.50. The Morgan fingerprint density at radius 1 is 0.891 bits per heavy atom. The number of nitrogens with one attached hydrogen (secondary N) is 5. The summed E-state index contributed by atoms with van der Waals surface area (Å²) in [4.78, 5) is 82.9. The van der Waals surface area contributed by atoms with Crippen LogP contribution in [0.25, 0.3) is 0 Å². The van der Waals surface area contributed by atoms with Crippen LogP contribution in [0, 0.1) is 0 Å². The minimum Gasteiger partial charge on any atom is -0.484 e. The molecule has 1 saturated heterocycles. The lowest BCUT2D eigenvalue weighted by atomic mass is 10.0. The number of nitrogens with zero attached hydrogens (tertiary/aromatic N) is 1. The van der Waals surface area contributed by atoms with Gasteiger partial charge in [0.15, 0.2) is 18.1 Å². The molecule has 6 amide bonds. The molecule has 16 heteroatoms.